The Morgan fingerprint density at radius 3 is 2.78 bits per heavy atom. The molecule has 0 fully saturated rings. The van der Waals surface area contributed by atoms with Gasteiger partial charge in [-0.25, -0.2) is 9.78 Å². The van der Waals surface area contributed by atoms with Crippen LogP contribution in [-0.2, 0) is 6.61 Å². The van der Waals surface area contributed by atoms with Crippen LogP contribution in [0, 0.1) is 6.92 Å². The van der Waals surface area contributed by atoms with E-state index in [1.54, 1.807) is 55.6 Å². The molecule has 0 aliphatic rings. The first-order valence-electron chi connectivity index (χ1n) is 9.69. The van der Waals surface area contributed by atoms with E-state index in [0.29, 0.717) is 22.5 Å². The maximum atomic E-state index is 12.8. The van der Waals surface area contributed by atoms with E-state index in [2.05, 4.69) is 26.0 Å². The van der Waals surface area contributed by atoms with E-state index >= 15 is 0 Å². The number of ether oxygens (including phenoxy) is 1. The maximum Gasteiger partial charge on any atom is 0.335 e. The van der Waals surface area contributed by atoms with Gasteiger partial charge < -0.3 is 9.84 Å². The van der Waals surface area contributed by atoms with E-state index in [0.717, 1.165) is 15.6 Å². The Kier molecular flexibility index (Phi) is 6.13. The van der Waals surface area contributed by atoms with Crippen molar-refractivity contribution in [2.75, 3.05) is 0 Å². The van der Waals surface area contributed by atoms with E-state index in [1.165, 1.54) is 10.7 Å². The molecule has 0 aliphatic heterocycles. The monoisotopic (exact) mass is 491 g/mol. The van der Waals surface area contributed by atoms with Crippen molar-refractivity contribution in [3.05, 3.63) is 104 Å². The zero-order chi connectivity index (χ0) is 22.7. The molecule has 8 heteroatoms. The minimum Gasteiger partial charge on any atom is -0.489 e. The van der Waals surface area contributed by atoms with Crippen molar-refractivity contribution in [1.82, 2.24) is 9.66 Å². The molecule has 0 saturated carbocycles. The lowest BCUT2D eigenvalue weighted by Crippen LogP contribution is -2.20. The molecule has 0 spiro atoms. The molecule has 1 N–H and O–H groups in total. The molecular formula is C24H18BrN3O4. The fourth-order valence-corrected chi connectivity index (χ4v) is 3.53. The summed E-state index contributed by atoms with van der Waals surface area (Å²) in [6, 6.07) is 19.2. The summed E-state index contributed by atoms with van der Waals surface area (Å²) >= 11 is 3.38. The second-order valence-corrected chi connectivity index (χ2v) is 7.96. The van der Waals surface area contributed by atoms with Crippen LogP contribution in [0.15, 0.2) is 81.1 Å². The second kappa shape index (κ2) is 9.15. The van der Waals surface area contributed by atoms with Gasteiger partial charge in [0, 0.05) is 4.47 Å². The van der Waals surface area contributed by atoms with Gasteiger partial charge in [-0.2, -0.15) is 9.78 Å². The summed E-state index contributed by atoms with van der Waals surface area (Å²) in [5.41, 5.74) is 2.06. The van der Waals surface area contributed by atoms with Crippen LogP contribution in [-0.4, -0.2) is 27.0 Å². The highest BCUT2D eigenvalue weighted by Crippen LogP contribution is 2.17. The van der Waals surface area contributed by atoms with Gasteiger partial charge >= 0.3 is 5.97 Å². The number of benzene rings is 3. The van der Waals surface area contributed by atoms with Crippen LogP contribution in [0.1, 0.15) is 27.3 Å². The van der Waals surface area contributed by atoms with Crippen LogP contribution in [0.3, 0.4) is 0 Å². The highest BCUT2D eigenvalue weighted by molar-refractivity contribution is 9.10. The van der Waals surface area contributed by atoms with Crippen molar-refractivity contribution < 1.29 is 14.6 Å². The molecule has 0 atom stereocenters. The van der Waals surface area contributed by atoms with Crippen molar-refractivity contribution in [2.24, 2.45) is 5.10 Å². The number of aromatic nitrogens is 2. The molecule has 1 heterocycles. The average Bonchev–Trinajstić information content (AvgIpc) is 2.78. The summed E-state index contributed by atoms with van der Waals surface area (Å²) < 4.78 is 7.85. The average molecular weight is 492 g/mol. The summed E-state index contributed by atoms with van der Waals surface area (Å²) in [5.74, 6) is 0.0947. The number of aromatic carboxylic acids is 1. The number of aryl methyl sites for hydroxylation is 1. The molecular weight excluding hydrogens is 474 g/mol. The lowest BCUT2D eigenvalue weighted by atomic mass is 10.1. The van der Waals surface area contributed by atoms with Crippen LogP contribution in [0.4, 0.5) is 0 Å². The van der Waals surface area contributed by atoms with E-state index in [1.807, 2.05) is 18.2 Å². The summed E-state index contributed by atoms with van der Waals surface area (Å²) in [5, 5.41) is 13.9. The van der Waals surface area contributed by atoms with E-state index in [4.69, 9.17) is 9.84 Å². The van der Waals surface area contributed by atoms with Crippen LogP contribution in [0.2, 0.25) is 0 Å². The van der Waals surface area contributed by atoms with Gasteiger partial charge in [-0.1, -0.05) is 40.2 Å². The van der Waals surface area contributed by atoms with E-state index < -0.39 is 5.97 Å². The lowest BCUT2D eigenvalue weighted by Gasteiger charge is -2.08. The summed E-state index contributed by atoms with van der Waals surface area (Å²) in [7, 11) is 0. The van der Waals surface area contributed by atoms with Crippen LogP contribution >= 0.6 is 15.9 Å². The Bertz CT molecular complexity index is 1410. The third-order valence-electron chi connectivity index (χ3n) is 4.73. The van der Waals surface area contributed by atoms with Gasteiger partial charge in [0.15, 0.2) is 0 Å². The Balaban J connectivity index is 1.55. The van der Waals surface area contributed by atoms with E-state index in [-0.39, 0.29) is 17.7 Å². The Morgan fingerprint density at radius 1 is 1.16 bits per heavy atom. The Hall–Kier alpha value is -3.78. The smallest absolute Gasteiger partial charge is 0.335 e. The maximum absolute atomic E-state index is 12.8. The molecule has 7 nitrogen and oxygen atoms in total. The first kappa shape index (κ1) is 21.5. The number of hydrogen-bond acceptors (Lipinski definition) is 5. The molecule has 0 amide bonds. The zero-order valence-electron chi connectivity index (χ0n) is 17.0. The molecule has 32 heavy (non-hydrogen) atoms. The molecule has 160 valence electrons. The molecule has 3 aromatic carbocycles. The predicted octanol–water partition coefficient (Wildman–Crippen LogP) is 4.63. The Labute approximate surface area is 191 Å². The lowest BCUT2D eigenvalue weighted by molar-refractivity contribution is 0.0696. The molecule has 0 aliphatic carbocycles. The number of nitrogens with zero attached hydrogens (tertiary/aromatic N) is 3. The largest absolute Gasteiger partial charge is 0.489 e. The van der Waals surface area contributed by atoms with Gasteiger partial charge in [-0.15, -0.1) is 0 Å². The number of fused-ring (bicyclic) bond motifs is 1. The summed E-state index contributed by atoms with van der Waals surface area (Å²) in [4.78, 5) is 28.4. The zero-order valence-corrected chi connectivity index (χ0v) is 18.6. The van der Waals surface area contributed by atoms with Gasteiger partial charge in [0.25, 0.3) is 5.56 Å². The minimum atomic E-state index is -0.980. The topological polar surface area (TPSA) is 93.8 Å². The number of carboxylic acid groups (broad SMARTS) is 1. The third-order valence-corrected chi connectivity index (χ3v) is 5.22. The molecule has 0 bridgehead atoms. The van der Waals surface area contributed by atoms with Gasteiger partial charge in [0.2, 0.25) is 0 Å². The van der Waals surface area contributed by atoms with Crippen molar-refractivity contribution in [3.63, 3.8) is 0 Å². The number of carboxylic acids is 1. The fraction of sp³-hybridized carbons (Fsp3) is 0.0833. The number of hydrogen-bond donors (Lipinski definition) is 1. The fourth-order valence-electron chi connectivity index (χ4n) is 3.17. The molecule has 1 aromatic heterocycles. The standard InChI is InChI=1S/C24H18BrN3O4/c1-15-27-22-9-8-19(25)12-21(22)23(29)28(15)26-13-16-4-3-7-20(11-16)32-14-17-5-2-6-18(10-17)24(30)31/h2-13H,14H2,1H3,(H,30,31). The van der Waals surface area contributed by atoms with Gasteiger partial charge in [0.05, 0.1) is 22.7 Å². The molecule has 4 rings (SSSR count). The molecule has 0 unspecified atom stereocenters. The van der Waals surface area contributed by atoms with Gasteiger partial charge in [-0.05, 0) is 60.5 Å². The van der Waals surface area contributed by atoms with E-state index in [9.17, 15) is 9.59 Å². The number of carbonyl (C=O) groups is 1. The van der Waals surface area contributed by atoms with Crippen molar-refractivity contribution in [3.8, 4) is 5.75 Å². The first-order valence-corrected chi connectivity index (χ1v) is 10.5. The second-order valence-electron chi connectivity index (χ2n) is 7.05. The van der Waals surface area contributed by atoms with Gasteiger partial charge in [0.1, 0.15) is 18.2 Å². The van der Waals surface area contributed by atoms with Gasteiger partial charge in [-0.3, -0.25) is 4.79 Å². The Morgan fingerprint density at radius 2 is 1.97 bits per heavy atom. The number of rotatable bonds is 6. The summed E-state index contributed by atoms with van der Waals surface area (Å²) in [6.07, 6.45) is 1.57. The minimum absolute atomic E-state index is 0.212. The molecule has 4 aromatic rings. The SMILES string of the molecule is Cc1nc2ccc(Br)cc2c(=O)n1N=Cc1cccc(OCc2cccc(C(=O)O)c2)c1. The van der Waals surface area contributed by atoms with Crippen molar-refractivity contribution >= 4 is 39.0 Å². The van der Waals surface area contributed by atoms with Crippen LogP contribution in [0.5, 0.6) is 5.75 Å². The van der Waals surface area contributed by atoms with Crippen molar-refractivity contribution in [1.29, 1.82) is 0 Å². The molecule has 0 radical (unpaired) electrons. The summed E-state index contributed by atoms with van der Waals surface area (Å²) in [6.45, 7) is 1.95. The van der Waals surface area contributed by atoms with Crippen LogP contribution < -0.4 is 10.3 Å². The quantitative estimate of drug-likeness (QED) is 0.397. The predicted molar refractivity (Wildman–Crippen MR) is 126 cm³/mol. The highest BCUT2D eigenvalue weighted by atomic mass is 79.9. The van der Waals surface area contributed by atoms with Crippen molar-refractivity contribution in [2.45, 2.75) is 13.5 Å². The normalized spacial score (nSPS) is 11.2. The molecule has 0 saturated heterocycles. The number of halogens is 1. The third kappa shape index (κ3) is 4.76. The first-order chi connectivity index (χ1) is 15.4. The van der Waals surface area contributed by atoms with Crippen LogP contribution in [0.25, 0.3) is 10.9 Å². The highest BCUT2D eigenvalue weighted by Gasteiger charge is 2.08.